The van der Waals surface area contributed by atoms with Crippen LogP contribution in [-0.4, -0.2) is 51.7 Å². The van der Waals surface area contributed by atoms with E-state index in [0.29, 0.717) is 0 Å². The number of hydrogen-bond donors (Lipinski definition) is 2. The van der Waals surface area contributed by atoms with Crippen molar-refractivity contribution >= 4 is 40.9 Å². The van der Waals surface area contributed by atoms with Crippen LogP contribution in [0.3, 0.4) is 0 Å². The summed E-state index contributed by atoms with van der Waals surface area (Å²) in [6.45, 7) is 0.168. The molecule has 2 aromatic rings. The number of nitrogens with zero attached hydrogens (tertiary/aromatic N) is 1. The fourth-order valence-electron chi connectivity index (χ4n) is 6.87. The number of imide groups is 1. The van der Waals surface area contributed by atoms with Gasteiger partial charge >= 0.3 is 10.8 Å². The number of thioether (sulfide) groups is 1. The Bertz CT molecular complexity index is 1240. The number of hydrogen-bond acceptors (Lipinski definition) is 7. The molecule has 1 saturated heterocycles. The molecule has 4 aliphatic rings. The van der Waals surface area contributed by atoms with Gasteiger partial charge in [-0.15, -0.1) is 11.8 Å². The van der Waals surface area contributed by atoms with Gasteiger partial charge in [0, 0.05) is 29.0 Å². The van der Waals surface area contributed by atoms with Crippen molar-refractivity contribution in [3.8, 4) is 5.75 Å². The number of aromatic nitrogens is 1. The first-order chi connectivity index (χ1) is 16.4. The third-order valence-corrected chi connectivity index (χ3v) is 10.7. The number of likely N-dealkylation sites (tertiary alicyclic amines) is 1. The average molecular weight is 501 g/mol. The highest BCUT2D eigenvalue weighted by Gasteiger charge is 2.69. The topological polar surface area (TPSA) is 117 Å². The Morgan fingerprint density at radius 2 is 1.85 bits per heavy atom. The van der Waals surface area contributed by atoms with Gasteiger partial charge < -0.3 is 14.8 Å². The first kappa shape index (κ1) is 21.9. The summed E-state index contributed by atoms with van der Waals surface area (Å²) in [5.41, 5.74) is 1.09. The molecular weight excluding hydrogens is 476 g/mol. The molecule has 2 aliphatic heterocycles. The molecule has 1 aromatic carbocycles. The van der Waals surface area contributed by atoms with Crippen LogP contribution in [0.1, 0.15) is 35.6 Å². The molecule has 1 aromatic heterocycles. The van der Waals surface area contributed by atoms with Crippen LogP contribution in [0.2, 0.25) is 0 Å². The van der Waals surface area contributed by atoms with Crippen LogP contribution in [0.4, 0.5) is 0 Å². The SMILES string of the molecule is COc1ccc(C2c3sc(=O)[nH]c3SC3C4CC(C5C(=O)N(CCCC(=O)O)C(=O)C45)C23)cc1. The number of methoxy groups -OCH3 is 1. The molecule has 3 heterocycles. The number of fused-ring (bicyclic) bond motifs is 9. The molecule has 2 bridgehead atoms. The Morgan fingerprint density at radius 1 is 1.15 bits per heavy atom. The molecule has 7 atom stereocenters. The third kappa shape index (κ3) is 3.11. The second-order valence-electron chi connectivity index (χ2n) is 9.56. The second-order valence-corrected chi connectivity index (χ2v) is 11.8. The zero-order chi connectivity index (χ0) is 23.7. The summed E-state index contributed by atoms with van der Waals surface area (Å²) in [5, 5.41) is 9.98. The second kappa shape index (κ2) is 7.98. The molecule has 178 valence electrons. The molecule has 2 saturated carbocycles. The zero-order valence-corrected chi connectivity index (χ0v) is 20.1. The lowest BCUT2D eigenvalue weighted by Gasteiger charge is -2.43. The van der Waals surface area contributed by atoms with Gasteiger partial charge in [0.1, 0.15) is 5.75 Å². The molecule has 2 N–H and O–H groups in total. The fraction of sp³-hybridized carbons (Fsp3) is 0.500. The van der Waals surface area contributed by atoms with Crippen LogP contribution < -0.4 is 9.61 Å². The lowest BCUT2D eigenvalue weighted by molar-refractivity contribution is -0.142. The van der Waals surface area contributed by atoms with Crippen molar-refractivity contribution in [1.82, 2.24) is 9.88 Å². The molecule has 6 rings (SSSR count). The predicted octanol–water partition coefficient (Wildman–Crippen LogP) is 2.78. The number of carboxylic acid groups (broad SMARTS) is 1. The van der Waals surface area contributed by atoms with Crippen molar-refractivity contribution in [2.24, 2.45) is 29.6 Å². The van der Waals surface area contributed by atoms with Gasteiger partial charge in [-0.2, -0.15) is 0 Å². The van der Waals surface area contributed by atoms with Crippen molar-refractivity contribution in [3.05, 3.63) is 44.4 Å². The van der Waals surface area contributed by atoms with Crippen molar-refractivity contribution in [2.75, 3.05) is 13.7 Å². The summed E-state index contributed by atoms with van der Waals surface area (Å²) in [5.74, 6) is -0.861. The van der Waals surface area contributed by atoms with E-state index in [-0.39, 0.29) is 76.8 Å². The number of carbonyl (C=O) groups excluding carboxylic acids is 2. The van der Waals surface area contributed by atoms with Crippen LogP contribution in [0.15, 0.2) is 34.1 Å². The van der Waals surface area contributed by atoms with Gasteiger partial charge in [-0.1, -0.05) is 23.5 Å². The minimum atomic E-state index is -0.927. The van der Waals surface area contributed by atoms with E-state index in [4.69, 9.17) is 9.84 Å². The van der Waals surface area contributed by atoms with Crippen molar-refractivity contribution < 1.29 is 24.2 Å². The number of amides is 2. The molecule has 34 heavy (non-hydrogen) atoms. The highest BCUT2D eigenvalue weighted by molar-refractivity contribution is 8.00. The molecule has 0 radical (unpaired) electrons. The van der Waals surface area contributed by atoms with Crippen LogP contribution in [-0.2, 0) is 14.4 Å². The van der Waals surface area contributed by atoms with Crippen molar-refractivity contribution in [1.29, 1.82) is 0 Å². The Hall–Kier alpha value is -2.59. The number of ether oxygens (including phenoxy) is 1. The van der Waals surface area contributed by atoms with Gasteiger partial charge in [-0.05, 0) is 48.3 Å². The van der Waals surface area contributed by atoms with Gasteiger partial charge in [0.15, 0.2) is 0 Å². The maximum absolute atomic E-state index is 13.4. The Kier molecular flexibility index (Phi) is 5.14. The van der Waals surface area contributed by atoms with Gasteiger partial charge in [-0.25, -0.2) is 0 Å². The van der Waals surface area contributed by atoms with Crippen LogP contribution in [0.25, 0.3) is 0 Å². The zero-order valence-electron chi connectivity index (χ0n) is 18.4. The van der Waals surface area contributed by atoms with Gasteiger partial charge in [0.2, 0.25) is 11.8 Å². The Balaban J connectivity index is 1.36. The van der Waals surface area contributed by atoms with E-state index in [2.05, 4.69) is 4.98 Å². The maximum Gasteiger partial charge on any atom is 0.305 e. The Labute approximate surface area is 203 Å². The maximum atomic E-state index is 13.4. The molecule has 10 heteroatoms. The first-order valence-corrected chi connectivity index (χ1v) is 13.2. The number of carbonyl (C=O) groups is 3. The number of H-pyrrole nitrogens is 1. The standard InChI is InChI=1S/C24H24N2O6S2/c1-32-11-6-4-10(5-7-11)15-16-12-9-13(19(16)33-21-20(15)34-24(31)25-21)18-17(12)22(29)26(23(18)30)8-2-3-14(27)28/h4-7,12-13,15-19H,2-3,8-9H2,1H3,(H,25,31)(H,27,28). The van der Waals surface area contributed by atoms with Crippen LogP contribution >= 0.6 is 23.1 Å². The minimum Gasteiger partial charge on any atom is -0.497 e. The lowest BCUT2D eigenvalue weighted by atomic mass is 9.68. The van der Waals surface area contributed by atoms with Crippen molar-refractivity contribution in [2.45, 2.75) is 35.5 Å². The summed E-state index contributed by atoms with van der Waals surface area (Å²) in [4.78, 5) is 55.1. The highest BCUT2D eigenvalue weighted by atomic mass is 32.2. The van der Waals surface area contributed by atoms with Gasteiger partial charge in [-0.3, -0.25) is 24.1 Å². The van der Waals surface area contributed by atoms with Crippen LogP contribution in [0.5, 0.6) is 5.75 Å². The molecule has 7 unspecified atom stereocenters. The summed E-state index contributed by atoms with van der Waals surface area (Å²) in [6, 6.07) is 7.92. The molecule has 0 spiro atoms. The number of carboxylic acids is 1. The number of benzene rings is 1. The summed E-state index contributed by atoms with van der Waals surface area (Å²) in [7, 11) is 1.62. The number of aromatic amines is 1. The molecular formula is C24H24N2O6S2. The van der Waals surface area contributed by atoms with Crippen LogP contribution in [0, 0.1) is 29.6 Å². The monoisotopic (exact) mass is 500 g/mol. The van der Waals surface area contributed by atoms with E-state index in [0.717, 1.165) is 27.6 Å². The molecule has 3 fully saturated rings. The van der Waals surface area contributed by atoms with Gasteiger partial charge in [0.05, 0.1) is 24.0 Å². The lowest BCUT2D eigenvalue weighted by Crippen LogP contribution is -2.42. The van der Waals surface area contributed by atoms with E-state index >= 15 is 0 Å². The average Bonchev–Trinajstić information content (AvgIpc) is 3.54. The van der Waals surface area contributed by atoms with E-state index in [9.17, 15) is 19.2 Å². The van der Waals surface area contributed by atoms with Crippen molar-refractivity contribution in [3.63, 3.8) is 0 Å². The third-order valence-electron chi connectivity index (χ3n) is 8.06. The smallest absolute Gasteiger partial charge is 0.305 e. The summed E-state index contributed by atoms with van der Waals surface area (Å²) < 4.78 is 5.33. The normalized spacial score (nSPS) is 33.1. The number of thiazole rings is 1. The minimum absolute atomic E-state index is 0.0176. The van der Waals surface area contributed by atoms with E-state index in [1.807, 2.05) is 24.3 Å². The van der Waals surface area contributed by atoms with E-state index in [1.165, 1.54) is 16.2 Å². The predicted molar refractivity (Wildman–Crippen MR) is 125 cm³/mol. The molecule has 8 nitrogen and oxygen atoms in total. The number of rotatable bonds is 6. The van der Waals surface area contributed by atoms with E-state index < -0.39 is 5.97 Å². The number of nitrogens with one attached hydrogen (secondary N) is 1. The van der Waals surface area contributed by atoms with E-state index in [1.54, 1.807) is 18.9 Å². The summed E-state index contributed by atoms with van der Waals surface area (Å²) in [6.07, 6.45) is 1.05. The highest BCUT2D eigenvalue weighted by Crippen LogP contribution is 2.68. The van der Waals surface area contributed by atoms with Gasteiger partial charge in [0.25, 0.3) is 0 Å². The largest absolute Gasteiger partial charge is 0.497 e. The molecule has 2 aliphatic carbocycles. The summed E-state index contributed by atoms with van der Waals surface area (Å²) >= 11 is 2.90. The molecule has 2 amide bonds. The number of aliphatic carboxylic acids is 1. The first-order valence-electron chi connectivity index (χ1n) is 11.5. The Morgan fingerprint density at radius 3 is 2.53 bits per heavy atom. The quantitative estimate of drug-likeness (QED) is 0.586. The fourth-order valence-corrected chi connectivity index (χ4v) is 9.76.